The van der Waals surface area contributed by atoms with E-state index in [0.29, 0.717) is 0 Å². The van der Waals surface area contributed by atoms with Gasteiger partial charge in [0.2, 0.25) is 5.91 Å². The first-order chi connectivity index (χ1) is 9.10. The van der Waals surface area contributed by atoms with E-state index < -0.39 is 52.2 Å². The fraction of sp³-hybridized carbons (Fsp3) is 0.700. The summed E-state index contributed by atoms with van der Waals surface area (Å²) in [5.41, 5.74) is 0. The summed E-state index contributed by atoms with van der Waals surface area (Å²) >= 11 is 0. The van der Waals surface area contributed by atoms with Crippen LogP contribution in [0.4, 0.5) is 3.89 Å². The summed E-state index contributed by atoms with van der Waals surface area (Å²) in [4.78, 5) is 34.1. The Morgan fingerprint density at radius 3 is 2.45 bits per heavy atom. The average Bonchev–Trinajstić information content (AvgIpc) is 2.56. The van der Waals surface area contributed by atoms with E-state index in [-0.39, 0.29) is 19.4 Å². The van der Waals surface area contributed by atoms with Crippen molar-refractivity contribution in [2.24, 2.45) is 5.92 Å². The Bertz CT molecular complexity index is 518. The van der Waals surface area contributed by atoms with Crippen molar-refractivity contribution in [2.75, 3.05) is 12.3 Å². The molecule has 0 aliphatic carbocycles. The molecule has 114 valence electrons. The molecule has 1 aliphatic heterocycles. The molecule has 0 radical (unpaired) electrons. The number of carbonyl (C=O) groups excluding carboxylic acids is 1. The molecule has 1 saturated heterocycles. The van der Waals surface area contributed by atoms with Crippen LogP contribution in [0, 0.1) is 5.92 Å². The van der Waals surface area contributed by atoms with Gasteiger partial charge in [-0.3, -0.25) is 9.59 Å². The van der Waals surface area contributed by atoms with E-state index in [2.05, 4.69) is 0 Å². The Balaban J connectivity index is 2.75. The van der Waals surface area contributed by atoms with Gasteiger partial charge < -0.3 is 15.1 Å². The normalized spacial score (nSPS) is 20.9. The second kappa shape index (κ2) is 6.16. The van der Waals surface area contributed by atoms with Gasteiger partial charge in [0, 0.05) is 25.3 Å². The highest BCUT2D eigenvalue weighted by atomic mass is 32.3. The zero-order chi connectivity index (χ0) is 15.5. The van der Waals surface area contributed by atoms with Crippen molar-refractivity contribution in [1.82, 2.24) is 4.90 Å². The summed E-state index contributed by atoms with van der Waals surface area (Å²) in [7, 11) is -4.75. The second-order valence-electron chi connectivity index (χ2n) is 4.61. The van der Waals surface area contributed by atoms with Crippen LogP contribution in [-0.4, -0.2) is 59.7 Å². The molecule has 20 heavy (non-hydrogen) atoms. The third kappa shape index (κ3) is 4.76. The first kappa shape index (κ1) is 16.3. The molecule has 0 aromatic rings. The van der Waals surface area contributed by atoms with Gasteiger partial charge >= 0.3 is 22.2 Å². The van der Waals surface area contributed by atoms with Crippen LogP contribution in [-0.2, 0) is 24.6 Å². The Hall–Kier alpha value is -1.71. The zero-order valence-electron chi connectivity index (χ0n) is 10.4. The molecular formula is C10H14FNO7S. The lowest BCUT2D eigenvalue weighted by Gasteiger charge is -2.24. The predicted octanol–water partition coefficient (Wildman–Crippen LogP) is -0.548. The third-order valence-corrected chi connectivity index (χ3v) is 3.84. The van der Waals surface area contributed by atoms with Crippen LogP contribution in [0.15, 0.2) is 0 Å². The van der Waals surface area contributed by atoms with E-state index in [1.807, 2.05) is 0 Å². The van der Waals surface area contributed by atoms with Gasteiger partial charge in [-0.1, -0.05) is 0 Å². The summed E-state index contributed by atoms with van der Waals surface area (Å²) in [5.74, 6) is -4.85. The first-order valence-electron chi connectivity index (χ1n) is 5.76. The summed E-state index contributed by atoms with van der Waals surface area (Å²) in [6.07, 6.45) is -0.988. The van der Waals surface area contributed by atoms with E-state index in [4.69, 9.17) is 10.2 Å². The van der Waals surface area contributed by atoms with Crippen molar-refractivity contribution < 1.29 is 36.9 Å². The van der Waals surface area contributed by atoms with Crippen molar-refractivity contribution in [3.8, 4) is 0 Å². The summed E-state index contributed by atoms with van der Waals surface area (Å²) in [6.45, 7) is -0.210. The number of carboxylic acids is 2. The van der Waals surface area contributed by atoms with Crippen LogP contribution in [0.25, 0.3) is 0 Å². The van der Waals surface area contributed by atoms with Crippen molar-refractivity contribution >= 4 is 28.1 Å². The Morgan fingerprint density at radius 1 is 1.40 bits per heavy atom. The SMILES string of the molecule is O=C(O)CCC(C(=O)O)N1CC(CS(=O)(=O)F)CC1=O. The number of amides is 1. The number of nitrogens with zero attached hydrogens (tertiary/aromatic N) is 1. The van der Waals surface area contributed by atoms with Crippen molar-refractivity contribution in [1.29, 1.82) is 0 Å². The molecule has 0 saturated carbocycles. The minimum atomic E-state index is -4.75. The van der Waals surface area contributed by atoms with Gasteiger partial charge in [-0.15, -0.1) is 3.89 Å². The average molecular weight is 311 g/mol. The van der Waals surface area contributed by atoms with Crippen molar-refractivity contribution in [3.63, 3.8) is 0 Å². The Kier molecular flexibility index (Phi) is 5.03. The van der Waals surface area contributed by atoms with Crippen molar-refractivity contribution in [2.45, 2.75) is 25.3 Å². The minimum absolute atomic E-state index is 0.210. The van der Waals surface area contributed by atoms with Gasteiger partial charge in [-0.05, 0) is 6.42 Å². The van der Waals surface area contributed by atoms with Gasteiger partial charge in [0.1, 0.15) is 6.04 Å². The molecule has 1 aliphatic rings. The summed E-state index contributed by atoms with van der Waals surface area (Å²) < 4.78 is 33.6. The molecular weight excluding hydrogens is 297 g/mol. The van der Waals surface area contributed by atoms with Crippen LogP contribution < -0.4 is 0 Å². The maximum atomic E-state index is 12.6. The number of hydrogen-bond donors (Lipinski definition) is 2. The van der Waals surface area contributed by atoms with Crippen LogP contribution >= 0.6 is 0 Å². The molecule has 1 fully saturated rings. The molecule has 0 bridgehead atoms. The maximum Gasteiger partial charge on any atom is 0.326 e. The number of rotatable bonds is 7. The highest BCUT2D eigenvalue weighted by Crippen LogP contribution is 2.24. The van der Waals surface area contributed by atoms with E-state index >= 15 is 0 Å². The lowest BCUT2D eigenvalue weighted by atomic mass is 10.1. The quantitative estimate of drug-likeness (QED) is 0.603. The lowest BCUT2D eigenvalue weighted by Crippen LogP contribution is -2.42. The number of hydrogen-bond acceptors (Lipinski definition) is 5. The number of carbonyl (C=O) groups is 3. The van der Waals surface area contributed by atoms with Crippen LogP contribution in [0.2, 0.25) is 0 Å². The minimum Gasteiger partial charge on any atom is -0.481 e. The van der Waals surface area contributed by atoms with Gasteiger partial charge in [-0.25, -0.2) is 4.79 Å². The lowest BCUT2D eigenvalue weighted by molar-refractivity contribution is -0.149. The molecule has 8 nitrogen and oxygen atoms in total. The molecule has 1 rings (SSSR count). The number of aliphatic carboxylic acids is 2. The van der Waals surface area contributed by atoms with Gasteiger partial charge in [0.15, 0.2) is 0 Å². The molecule has 0 aromatic heterocycles. The second-order valence-corrected chi connectivity index (χ2v) is 6.02. The highest BCUT2D eigenvalue weighted by molar-refractivity contribution is 7.86. The molecule has 2 unspecified atom stereocenters. The van der Waals surface area contributed by atoms with E-state index in [1.165, 1.54) is 0 Å². The fourth-order valence-corrected chi connectivity index (χ4v) is 2.96. The molecule has 1 amide bonds. The summed E-state index contributed by atoms with van der Waals surface area (Å²) in [5, 5.41) is 17.5. The highest BCUT2D eigenvalue weighted by Gasteiger charge is 2.39. The number of halogens is 1. The topological polar surface area (TPSA) is 129 Å². The predicted molar refractivity (Wildman–Crippen MR) is 63.0 cm³/mol. The third-order valence-electron chi connectivity index (χ3n) is 2.97. The maximum absolute atomic E-state index is 12.6. The molecule has 2 atom stereocenters. The standard InChI is InChI=1S/C10H14FNO7S/c11-20(18,19)5-6-3-8(13)12(4-6)7(10(16)17)1-2-9(14)15/h6-7H,1-5H2,(H,14,15)(H,16,17). The van der Waals surface area contributed by atoms with Crippen LogP contribution in [0.3, 0.4) is 0 Å². The van der Waals surface area contributed by atoms with Gasteiger partial charge in [-0.2, -0.15) is 8.42 Å². The van der Waals surface area contributed by atoms with Gasteiger partial charge in [0.25, 0.3) is 0 Å². The van der Waals surface area contributed by atoms with Crippen molar-refractivity contribution in [3.05, 3.63) is 0 Å². The molecule has 0 spiro atoms. The Labute approximate surface area is 114 Å². The smallest absolute Gasteiger partial charge is 0.326 e. The van der Waals surface area contributed by atoms with Crippen LogP contribution in [0.5, 0.6) is 0 Å². The molecule has 10 heteroatoms. The molecule has 1 heterocycles. The fourth-order valence-electron chi connectivity index (χ4n) is 2.18. The van der Waals surface area contributed by atoms with E-state index in [0.717, 1.165) is 4.90 Å². The molecule has 2 N–H and O–H groups in total. The van der Waals surface area contributed by atoms with E-state index in [9.17, 15) is 26.7 Å². The zero-order valence-corrected chi connectivity index (χ0v) is 11.2. The molecule has 0 aromatic carbocycles. The number of carboxylic acid groups (broad SMARTS) is 2. The van der Waals surface area contributed by atoms with Gasteiger partial charge in [0.05, 0.1) is 5.75 Å². The van der Waals surface area contributed by atoms with Crippen LogP contribution in [0.1, 0.15) is 19.3 Å². The monoisotopic (exact) mass is 311 g/mol. The first-order valence-corrected chi connectivity index (χ1v) is 7.32. The largest absolute Gasteiger partial charge is 0.481 e. The Morgan fingerprint density at radius 2 is 2.00 bits per heavy atom. The summed E-state index contributed by atoms with van der Waals surface area (Å²) in [6, 6.07) is -1.34. The number of likely N-dealkylation sites (tertiary alicyclic amines) is 1. The van der Waals surface area contributed by atoms with E-state index in [1.54, 1.807) is 0 Å².